The second-order valence-corrected chi connectivity index (χ2v) is 6.55. The van der Waals surface area contributed by atoms with Crippen molar-refractivity contribution in [1.82, 2.24) is 9.55 Å². The predicted octanol–water partition coefficient (Wildman–Crippen LogP) is 4.41. The van der Waals surface area contributed by atoms with E-state index in [0.717, 1.165) is 36.4 Å². The maximum absolute atomic E-state index is 6.29. The van der Waals surface area contributed by atoms with Crippen LogP contribution in [0.1, 0.15) is 31.5 Å². The SMILES string of the molecule is CC(Cl)c1nc2cc(Cl)ccc2n1CC1CCOC1C. The van der Waals surface area contributed by atoms with Crippen molar-refractivity contribution in [2.45, 2.75) is 38.3 Å². The minimum Gasteiger partial charge on any atom is -0.378 e. The van der Waals surface area contributed by atoms with E-state index >= 15 is 0 Å². The summed E-state index contributed by atoms with van der Waals surface area (Å²) < 4.78 is 7.88. The van der Waals surface area contributed by atoms with E-state index in [1.165, 1.54) is 0 Å². The Bertz CT molecular complexity index is 624. The zero-order valence-corrected chi connectivity index (χ0v) is 13.2. The van der Waals surface area contributed by atoms with E-state index in [-0.39, 0.29) is 5.38 Å². The van der Waals surface area contributed by atoms with E-state index in [0.29, 0.717) is 17.0 Å². The van der Waals surface area contributed by atoms with E-state index in [1.54, 1.807) is 0 Å². The highest BCUT2D eigenvalue weighted by Gasteiger charge is 2.26. The number of halogens is 2. The van der Waals surface area contributed by atoms with Gasteiger partial charge in [-0.15, -0.1) is 11.6 Å². The number of hydrogen-bond donors (Lipinski definition) is 0. The molecule has 1 aliphatic heterocycles. The van der Waals surface area contributed by atoms with Crippen LogP contribution in [-0.4, -0.2) is 22.3 Å². The van der Waals surface area contributed by atoms with Gasteiger partial charge in [0.05, 0.1) is 22.5 Å². The molecule has 1 aromatic carbocycles. The molecule has 3 unspecified atom stereocenters. The van der Waals surface area contributed by atoms with Crippen LogP contribution >= 0.6 is 23.2 Å². The molecule has 0 saturated carbocycles. The first kappa shape index (κ1) is 14.2. The molecule has 3 nitrogen and oxygen atoms in total. The lowest BCUT2D eigenvalue weighted by atomic mass is 10.0. The largest absolute Gasteiger partial charge is 0.378 e. The Balaban J connectivity index is 2.04. The Kier molecular flexibility index (Phi) is 3.93. The lowest BCUT2D eigenvalue weighted by Gasteiger charge is -2.18. The molecule has 0 radical (unpaired) electrons. The molecule has 0 bridgehead atoms. The Hall–Kier alpha value is -0.770. The van der Waals surface area contributed by atoms with Gasteiger partial charge in [-0.05, 0) is 38.5 Å². The van der Waals surface area contributed by atoms with Gasteiger partial charge in [0.1, 0.15) is 5.82 Å². The number of rotatable bonds is 3. The number of aromatic nitrogens is 2. The third-order valence-electron chi connectivity index (χ3n) is 4.05. The summed E-state index contributed by atoms with van der Waals surface area (Å²) in [6.07, 6.45) is 1.38. The fraction of sp³-hybridized carbons (Fsp3) is 0.533. The van der Waals surface area contributed by atoms with Crippen LogP contribution in [0.3, 0.4) is 0 Å². The molecule has 0 aliphatic carbocycles. The number of benzene rings is 1. The lowest BCUT2D eigenvalue weighted by Crippen LogP contribution is -2.19. The van der Waals surface area contributed by atoms with Gasteiger partial charge in [0.25, 0.3) is 0 Å². The standard InChI is InChI=1S/C15H18Cl2N2O/c1-9(16)15-18-13-7-12(17)3-4-14(13)19(15)8-11-5-6-20-10(11)2/h3-4,7,9-11H,5-6,8H2,1-2H3. The van der Waals surface area contributed by atoms with E-state index in [2.05, 4.69) is 16.5 Å². The summed E-state index contributed by atoms with van der Waals surface area (Å²) >= 11 is 12.3. The zero-order valence-electron chi connectivity index (χ0n) is 11.6. The number of imidazole rings is 1. The number of hydrogen-bond acceptors (Lipinski definition) is 2. The monoisotopic (exact) mass is 312 g/mol. The van der Waals surface area contributed by atoms with Crippen molar-refractivity contribution in [3.8, 4) is 0 Å². The first-order valence-electron chi connectivity index (χ1n) is 6.97. The highest BCUT2D eigenvalue weighted by atomic mass is 35.5. The van der Waals surface area contributed by atoms with Crippen LogP contribution in [0, 0.1) is 5.92 Å². The van der Waals surface area contributed by atoms with Crippen LogP contribution in [0.15, 0.2) is 18.2 Å². The van der Waals surface area contributed by atoms with Crippen LogP contribution in [0.25, 0.3) is 11.0 Å². The van der Waals surface area contributed by atoms with Gasteiger partial charge in [-0.1, -0.05) is 11.6 Å². The molecule has 2 aromatic rings. The average Bonchev–Trinajstić information content (AvgIpc) is 2.95. The summed E-state index contributed by atoms with van der Waals surface area (Å²) in [6.45, 7) is 5.83. The van der Waals surface area contributed by atoms with Crippen molar-refractivity contribution in [3.63, 3.8) is 0 Å². The smallest absolute Gasteiger partial charge is 0.127 e. The Labute approximate surface area is 128 Å². The second-order valence-electron chi connectivity index (χ2n) is 5.45. The lowest BCUT2D eigenvalue weighted by molar-refractivity contribution is 0.102. The number of alkyl halides is 1. The molecular formula is C15H18Cl2N2O. The molecule has 0 amide bonds. The normalized spacial score (nSPS) is 24.4. The topological polar surface area (TPSA) is 27.1 Å². The van der Waals surface area contributed by atoms with Gasteiger partial charge in [-0.2, -0.15) is 0 Å². The van der Waals surface area contributed by atoms with Crippen LogP contribution in [0.4, 0.5) is 0 Å². The molecule has 1 fully saturated rings. The van der Waals surface area contributed by atoms with Crippen molar-refractivity contribution in [2.75, 3.05) is 6.61 Å². The molecule has 0 N–H and O–H groups in total. The maximum atomic E-state index is 6.29. The average molecular weight is 313 g/mol. The van der Waals surface area contributed by atoms with Gasteiger partial charge in [0, 0.05) is 24.1 Å². The molecule has 3 atom stereocenters. The van der Waals surface area contributed by atoms with Crippen molar-refractivity contribution >= 4 is 34.2 Å². The Morgan fingerprint density at radius 1 is 1.50 bits per heavy atom. The third-order valence-corrected chi connectivity index (χ3v) is 4.48. The number of ether oxygens (including phenoxy) is 1. The summed E-state index contributed by atoms with van der Waals surface area (Å²) in [5.74, 6) is 1.42. The van der Waals surface area contributed by atoms with Crippen LogP contribution in [-0.2, 0) is 11.3 Å². The maximum Gasteiger partial charge on any atom is 0.127 e. The number of fused-ring (bicyclic) bond motifs is 1. The van der Waals surface area contributed by atoms with Gasteiger partial charge in [0.2, 0.25) is 0 Å². The molecule has 1 aromatic heterocycles. The summed E-state index contributed by atoms with van der Waals surface area (Å²) in [5.41, 5.74) is 2.00. The molecule has 5 heteroatoms. The minimum absolute atomic E-state index is 0.126. The molecule has 3 rings (SSSR count). The van der Waals surface area contributed by atoms with Crippen molar-refractivity contribution < 1.29 is 4.74 Å². The summed E-state index contributed by atoms with van der Waals surface area (Å²) in [4.78, 5) is 4.65. The van der Waals surface area contributed by atoms with Gasteiger partial charge in [-0.3, -0.25) is 0 Å². The van der Waals surface area contributed by atoms with Gasteiger partial charge < -0.3 is 9.30 Å². The first-order valence-corrected chi connectivity index (χ1v) is 7.79. The fourth-order valence-corrected chi connectivity index (χ4v) is 3.20. The van der Waals surface area contributed by atoms with E-state index < -0.39 is 0 Å². The quantitative estimate of drug-likeness (QED) is 0.785. The van der Waals surface area contributed by atoms with E-state index in [9.17, 15) is 0 Å². The minimum atomic E-state index is -0.126. The molecule has 1 aliphatic rings. The van der Waals surface area contributed by atoms with E-state index in [1.807, 2.05) is 25.1 Å². The molecule has 108 valence electrons. The number of nitrogens with zero attached hydrogens (tertiary/aromatic N) is 2. The van der Waals surface area contributed by atoms with Crippen molar-refractivity contribution in [2.24, 2.45) is 5.92 Å². The van der Waals surface area contributed by atoms with Gasteiger partial charge >= 0.3 is 0 Å². The molecule has 1 saturated heterocycles. The molecular weight excluding hydrogens is 295 g/mol. The van der Waals surface area contributed by atoms with Crippen molar-refractivity contribution in [3.05, 3.63) is 29.0 Å². The second kappa shape index (κ2) is 5.55. The Morgan fingerprint density at radius 2 is 2.30 bits per heavy atom. The highest BCUT2D eigenvalue weighted by molar-refractivity contribution is 6.31. The Morgan fingerprint density at radius 3 is 2.95 bits per heavy atom. The summed E-state index contributed by atoms with van der Waals surface area (Å²) in [7, 11) is 0. The van der Waals surface area contributed by atoms with Gasteiger partial charge in [0.15, 0.2) is 0 Å². The molecule has 0 spiro atoms. The first-order chi connectivity index (χ1) is 9.56. The van der Waals surface area contributed by atoms with Crippen LogP contribution in [0.5, 0.6) is 0 Å². The highest BCUT2D eigenvalue weighted by Crippen LogP contribution is 2.30. The zero-order chi connectivity index (χ0) is 14.3. The molecule has 2 heterocycles. The van der Waals surface area contributed by atoms with Crippen LogP contribution in [0.2, 0.25) is 5.02 Å². The van der Waals surface area contributed by atoms with Crippen molar-refractivity contribution in [1.29, 1.82) is 0 Å². The van der Waals surface area contributed by atoms with Gasteiger partial charge in [-0.25, -0.2) is 4.98 Å². The van der Waals surface area contributed by atoms with Crippen LogP contribution < -0.4 is 0 Å². The predicted molar refractivity (Wildman–Crippen MR) is 82.5 cm³/mol. The van der Waals surface area contributed by atoms with E-state index in [4.69, 9.17) is 27.9 Å². The molecule has 20 heavy (non-hydrogen) atoms. The third kappa shape index (κ3) is 2.54. The summed E-state index contributed by atoms with van der Waals surface area (Å²) in [6, 6.07) is 5.82. The summed E-state index contributed by atoms with van der Waals surface area (Å²) in [5, 5.41) is 0.576. The fourth-order valence-electron chi connectivity index (χ4n) is 2.87.